The monoisotopic (exact) mass is 407 g/mol. The highest BCUT2D eigenvalue weighted by atomic mass is 16.5. The van der Waals surface area contributed by atoms with Crippen LogP contribution in [0.1, 0.15) is 46.9 Å². The fourth-order valence-electron chi connectivity index (χ4n) is 4.00. The average Bonchev–Trinajstić information content (AvgIpc) is 3.19. The van der Waals surface area contributed by atoms with Crippen molar-refractivity contribution >= 4 is 22.8 Å². The van der Waals surface area contributed by atoms with Crippen LogP contribution in [0.4, 0.5) is 0 Å². The maximum atomic E-state index is 13.5. The number of methoxy groups -OCH3 is 1. The molecule has 1 aromatic heterocycles. The normalized spacial score (nSPS) is 14.0. The summed E-state index contributed by atoms with van der Waals surface area (Å²) in [4.78, 5) is 28.4. The van der Waals surface area contributed by atoms with E-state index < -0.39 is 5.97 Å². The van der Waals surface area contributed by atoms with Gasteiger partial charge in [0.2, 0.25) is 0 Å². The zero-order valence-corrected chi connectivity index (χ0v) is 17.3. The molecular formula is C24H25NO5. The van der Waals surface area contributed by atoms with Crippen molar-refractivity contribution in [2.24, 2.45) is 0 Å². The lowest BCUT2D eigenvalue weighted by atomic mass is 9.99. The van der Waals surface area contributed by atoms with Gasteiger partial charge in [-0.1, -0.05) is 30.3 Å². The lowest BCUT2D eigenvalue weighted by molar-refractivity contribution is 0.0528. The van der Waals surface area contributed by atoms with E-state index in [-0.39, 0.29) is 18.1 Å². The van der Waals surface area contributed by atoms with Crippen molar-refractivity contribution < 1.29 is 23.5 Å². The molecule has 0 unspecified atom stereocenters. The maximum Gasteiger partial charge on any atom is 0.342 e. The van der Waals surface area contributed by atoms with E-state index in [1.54, 1.807) is 19.1 Å². The fraction of sp³-hybridized carbons (Fsp3) is 0.333. The van der Waals surface area contributed by atoms with Gasteiger partial charge in [0.25, 0.3) is 5.91 Å². The molecule has 2 aromatic carbocycles. The number of fused-ring (bicyclic) bond motifs is 1. The summed E-state index contributed by atoms with van der Waals surface area (Å²) < 4.78 is 17.0. The molecule has 2 heterocycles. The van der Waals surface area contributed by atoms with Crippen molar-refractivity contribution in [2.75, 3.05) is 26.8 Å². The molecule has 1 aliphatic heterocycles. The van der Waals surface area contributed by atoms with E-state index in [1.165, 1.54) is 7.11 Å². The second-order valence-electron chi connectivity index (χ2n) is 7.26. The average molecular weight is 407 g/mol. The van der Waals surface area contributed by atoms with E-state index in [4.69, 9.17) is 13.9 Å². The Labute approximate surface area is 175 Å². The summed E-state index contributed by atoms with van der Waals surface area (Å²) in [5.74, 6) is 0.146. The van der Waals surface area contributed by atoms with Gasteiger partial charge in [-0.25, -0.2) is 4.79 Å². The Balaban J connectivity index is 1.99. The van der Waals surface area contributed by atoms with Crippen LogP contribution in [0, 0.1) is 0 Å². The molecule has 0 radical (unpaired) electrons. The molecule has 1 amide bonds. The minimum atomic E-state index is -0.518. The van der Waals surface area contributed by atoms with Crippen LogP contribution in [0.2, 0.25) is 0 Å². The molecule has 0 N–H and O–H groups in total. The van der Waals surface area contributed by atoms with Crippen LogP contribution in [0.3, 0.4) is 0 Å². The van der Waals surface area contributed by atoms with Gasteiger partial charge in [0.15, 0.2) is 0 Å². The van der Waals surface area contributed by atoms with Gasteiger partial charge in [0.1, 0.15) is 22.7 Å². The summed E-state index contributed by atoms with van der Waals surface area (Å²) in [7, 11) is 1.52. The minimum absolute atomic E-state index is 0.150. The van der Waals surface area contributed by atoms with Crippen molar-refractivity contribution in [1.82, 2.24) is 4.90 Å². The Bertz CT molecular complexity index is 1060. The Morgan fingerprint density at radius 1 is 1.00 bits per heavy atom. The summed E-state index contributed by atoms with van der Waals surface area (Å²) in [6.07, 6.45) is 3.05. The van der Waals surface area contributed by atoms with E-state index in [2.05, 4.69) is 0 Å². The van der Waals surface area contributed by atoms with Gasteiger partial charge in [0, 0.05) is 18.7 Å². The van der Waals surface area contributed by atoms with E-state index in [0.717, 1.165) is 24.8 Å². The number of carbonyl (C=O) groups is 2. The first-order valence-electron chi connectivity index (χ1n) is 10.3. The molecule has 0 spiro atoms. The SMILES string of the molecule is CCOC(=O)c1c(-c2ccccc2)oc2ccc(OC)c(C(=O)N3CCCCC3)c12. The number of nitrogens with zero attached hydrogens (tertiary/aromatic N) is 1. The quantitative estimate of drug-likeness (QED) is 0.562. The fourth-order valence-corrected chi connectivity index (χ4v) is 4.00. The Morgan fingerprint density at radius 2 is 1.73 bits per heavy atom. The van der Waals surface area contributed by atoms with Gasteiger partial charge >= 0.3 is 5.97 Å². The van der Waals surface area contributed by atoms with E-state index in [1.807, 2.05) is 35.2 Å². The van der Waals surface area contributed by atoms with Gasteiger partial charge < -0.3 is 18.8 Å². The van der Waals surface area contributed by atoms with Gasteiger partial charge in [-0.3, -0.25) is 4.79 Å². The number of benzene rings is 2. The second-order valence-corrected chi connectivity index (χ2v) is 7.26. The van der Waals surface area contributed by atoms with E-state index in [0.29, 0.717) is 41.1 Å². The van der Waals surface area contributed by atoms with Gasteiger partial charge in [0.05, 0.1) is 24.7 Å². The van der Waals surface area contributed by atoms with Crippen molar-refractivity contribution in [2.45, 2.75) is 26.2 Å². The van der Waals surface area contributed by atoms with E-state index in [9.17, 15) is 9.59 Å². The largest absolute Gasteiger partial charge is 0.496 e. The third kappa shape index (κ3) is 3.54. The number of esters is 1. The highest BCUT2D eigenvalue weighted by Gasteiger charge is 2.31. The van der Waals surface area contributed by atoms with Crippen molar-refractivity contribution in [1.29, 1.82) is 0 Å². The number of hydrogen-bond acceptors (Lipinski definition) is 5. The first-order valence-corrected chi connectivity index (χ1v) is 10.3. The summed E-state index contributed by atoms with van der Waals surface area (Å²) in [6.45, 7) is 3.36. The lowest BCUT2D eigenvalue weighted by Gasteiger charge is -2.27. The molecule has 1 fully saturated rings. The molecule has 6 heteroatoms. The first-order chi connectivity index (χ1) is 14.7. The van der Waals surface area contributed by atoms with Crippen LogP contribution in [-0.2, 0) is 4.74 Å². The molecule has 0 aliphatic carbocycles. The number of piperidine rings is 1. The smallest absolute Gasteiger partial charge is 0.342 e. The number of hydrogen-bond donors (Lipinski definition) is 0. The summed E-state index contributed by atoms with van der Waals surface area (Å²) in [5, 5.41) is 0.447. The topological polar surface area (TPSA) is 69.0 Å². The molecule has 1 aliphatic rings. The van der Waals surface area contributed by atoms with Crippen LogP contribution < -0.4 is 4.74 Å². The second kappa shape index (κ2) is 8.61. The van der Waals surface area contributed by atoms with Crippen LogP contribution in [0.25, 0.3) is 22.3 Å². The summed E-state index contributed by atoms with van der Waals surface area (Å²) in [6, 6.07) is 12.8. The third-order valence-electron chi connectivity index (χ3n) is 5.41. The van der Waals surface area contributed by atoms with Crippen molar-refractivity contribution in [3.05, 3.63) is 53.6 Å². The Kier molecular flexibility index (Phi) is 5.74. The highest BCUT2D eigenvalue weighted by Crippen LogP contribution is 2.40. The zero-order valence-electron chi connectivity index (χ0n) is 17.3. The van der Waals surface area contributed by atoms with Crippen molar-refractivity contribution in [3.8, 4) is 17.1 Å². The predicted molar refractivity (Wildman–Crippen MR) is 114 cm³/mol. The molecule has 1 saturated heterocycles. The van der Waals surface area contributed by atoms with Crippen LogP contribution in [-0.4, -0.2) is 43.6 Å². The Morgan fingerprint density at radius 3 is 2.40 bits per heavy atom. The molecule has 30 heavy (non-hydrogen) atoms. The molecular weight excluding hydrogens is 382 g/mol. The number of amides is 1. The zero-order chi connectivity index (χ0) is 21.1. The van der Waals surface area contributed by atoms with Crippen LogP contribution in [0.5, 0.6) is 5.75 Å². The lowest BCUT2D eigenvalue weighted by Crippen LogP contribution is -2.36. The third-order valence-corrected chi connectivity index (χ3v) is 5.41. The highest BCUT2D eigenvalue weighted by molar-refractivity contribution is 6.18. The molecule has 156 valence electrons. The summed E-state index contributed by atoms with van der Waals surface area (Å²) >= 11 is 0. The number of carbonyl (C=O) groups excluding carboxylic acids is 2. The van der Waals surface area contributed by atoms with E-state index >= 15 is 0 Å². The van der Waals surface area contributed by atoms with Gasteiger partial charge in [-0.05, 0) is 38.3 Å². The molecule has 6 nitrogen and oxygen atoms in total. The maximum absolute atomic E-state index is 13.5. The standard InChI is InChI=1S/C24H25NO5/c1-3-29-24(27)21-19-18(30-22(21)16-10-6-4-7-11-16)13-12-17(28-2)20(19)23(26)25-14-8-5-9-15-25/h4,6-7,10-13H,3,5,8-9,14-15H2,1-2H3. The molecule has 0 atom stereocenters. The number of likely N-dealkylation sites (tertiary alicyclic amines) is 1. The molecule has 0 saturated carbocycles. The minimum Gasteiger partial charge on any atom is -0.496 e. The van der Waals surface area contributed by atoms with Gasteiger partial charge in [-0.2, -0.15) is 0 Å². The molecule has 3 aromatic rings. The molecule has 0 bridgehead atoms. The first kappa shape index (κ1) is 20.0. The number of furan rings is 1. The van der Waals surface area contributed by atoms with Crippen LogP contribution >= 0.6 is 0 Å². The molecule has 4 rings (SSSR count). The van der Waals surface area contributed by atoms with Crippen molar-refractivity contribution in [3.63, 3.8) is 0 Å². The Hall–Kier alpha value is -3.28. The predicted octanol–water partition coefficient (Wildman–Crippen LogP) is 4.91. The number of rotatable bonds is 5. The number of ether oxygens (including phenoxy) is 2. The van der Waals surface area contributed by atoms with Gasteiger partial charge in [-0.15, -0.1) is 0 Å². The summed E-state index contributed by atoms with van der Waals surface area (Å²) in [5.41, 5.74) is 1.81. The van der Waals surface area contributed by atoms with Crippen LogP contribution in [0.15, 0.2) is 46.9 Å².